The van der Waals surface area contributed by atoms with Gasteiger partial charge in [0.2, 0.25) is 5.91 Å². The minimum atomic E-state index is -4.55. The number of carbonyl (C=O) groups excluding carboxylic acids is 1. The molecule has 2 aromatic carbocycles. The third-order valence-corrected chi connectivity index (χ3v) is 5.10. The number of nitrogens with one attached hydrogen (secondary N) is 1. The molecule has 1 N–H and O–H groups in total. The Hall–Kier alpha value is -2.08. The fourth-order valence-corrected chi connectivity index (χ4v) is 3.90. The van der Waals surface area contributed by atoms with Crippen LogP contribution in [0.3, 0.4) is 0 Å². The molecule has 6 heteroatoms. The Morgan fingerprint density at radius 3 is 2.15 bits per heavy atom. The summed E-state index contributed by atoms with van der Waals surface area (Å²) in [5.41, 5.74) is 2.20. The largest absolute Gasteiger partial charge is 0.409 e. The summed E-state index contributed by atoms with van der Waals surface area (Å²) >= 11 is 0. The van der Waals surface area contributed by atoms with Gasteiger partial charge in [0.25, 0.3) is 0 Å². The van der Waals surface area contributed by atoms with Crippen molar-refractivity contribution in [2.24, 2.45) is 0 Å². The number of benzene rings is 2. The van der Waals surface area contributed by atoms with Crippen LogP contribution in [0.25, 0.3) is 10.8 Å². The van der Waals surface area contributed by atoms with Crippen LogP contribution in [0.2, 0.25) is 0 Å². The molecule has 1 unspecified atom stereocenters. The smallest absolute Gasteiger partial charge is 0.287 e. The molecule has 0 aromatic heterocycles. The molecular formula is C21H25F3N2O. The van der Waals surface area contributed by atoms with Crippen molar-refractivity contribution in [3.05, 3.63) is 47.5 Å². The predicted molar refractivity (Wildman–Crippen MR) is 100 cm³/mol. The first kappa shape index (κ1) is 19.7. The lowest BCUT2D eigenvalue weighted by Gasteiger charge is -2.39. The summed E-state index contributed by atoms with van der Waals surface area (Å²) in [6.07, 6.45) is -4.52. The van der Waals surface area contributed by atoms with Crippen LogP contribution >= 0.6 is 0 Å². The van der Waals surface area contributed by atoms with Gasteiger partial charge < -0.3 is 0 Å². The van der Waals surface area contributed by atoms with Crippen molar-refractivity contribution < 1.29 is 18.0 Å². The van der Waals surface area contributed by atoms with Gasteiger partial charge in [0.15, 0.2) is 6.04 Å². The highest BCUT2D eigenvalue weighted by molar-refractivity contribution is 5.90. The Labute approximate surface area is 157 Å². The first-order valence-corrected chi connectivity index (χ1v) is 9.00. The maximum atomic E-state index is 14.3. The van der Waals surface area contributed by atoms with Crippen molar-refractivity contribution in [3.8, 4) is 0 Å². The molecule has 1 amide bonds. The lowest BCUT2D eigenvalue weighted by molar-refractivity contribution is -0.203. The Kier molecular flexibility index (Phi) is 4.54. The zero-order valence-corrected chi connectivity index (χ0v) is 16.2. The second kappa shape index (κ2) is 6.23. The van der Waals surface area contributed by atoms with Crippen LogP contribution < -0.4 is 5.43 Å². The van der Waals surface area contributed by atoms with E-state index in [0.717, 1.165) is 16.0 Å². The third kappa shape index (κ3) is 3.55. The van der Waals surface area contributed by atoms with E-state index in [2.05, 4.69) is 5.43 Å². The van der Waals surface area contributed by atoms with Gasteiger partial charge in [-0.25, -0.2) is 0 Å². The van der Waals surface area contributed by atoms with Crippen LogP contribution in [0.15, 0.2) is 36.4 Å². The molecule has 1 fully saturated rings. The van der Waals surface area contributed by atoms with Crippen molar-refractivity contribution in [1.82, 2.24) is 10.4 Å². The summed E-state index contributed by atoms with van der Waals surface area (Å²) in [6.45, 7) is 9.27. The average molecular weight is 378 g/mol. The highest BCUT2D eigenvalue weighted by atomic mass is 19.4. The molecule has 0 aliphatic carbocycles. The number of fused-ring (bicyclic) bond motifs is 1. The Bertz CT molecular complexity index is 876. The number of hydrogen-bond acceptors (Lipinski definition) is 2. The Balaban J connectivity index is 2.32. The van der Waals surface area contributed by atoms with Gasteiger partial charge in [-0.05, 0) is 41.2 Å². The fraction of sp³-hybridized carbons (Fsp3) is 0.476. The summed E-state index contributed by atoms with van der Waals surface area (Å²) < 4.78 is 42.9. The van der Waals surface area contributed by atoms with Gasteiger partial charge in [-0.15, -0.1) is 0 Å². The number of hydrazine groups is 1. The zero-order chi connectivity index (χ0) is 20.2. The third-order valence-electron chi connectivity index (χ3n) is 5.10. The topological polar surface area (TPSA) is 32.3 Å². The first-order valence-electron chi connectivity index (χ1n) is 9.00. The lowest BCUT2D eigenvalue weighted by Crippen LogP contribution is -2.51. The Morgan fingerprint density at radius 2 is 1.67 bits per heavy atom. The highest BCUT2D eigenvalue weighted by Crippen LogP contribution is 2.46. The lowest BCUT2D eigenvalue weighted by atomic mass is 9.81. The van der Waals surface area contributed by atoms with Crippen LogP contribution in [0, 0.1) is 0 Å². The summed E-state index contributed by atoms with van der Waals surface area (Å²) in [5.74, 6) is -0.398. The molecular weight excluding hydrogens is 353 g/mol. The minimum Gasteiger partial charge on any atom is -0.287 e. The SMILES string of the molecule is CC(C)(C)c1cccc2cccc(C(N3NC(=O)CC3(C)C)C(F)(F)F)c12. The molecule has 27 heavy (non-hydrogen) atoms. The van der Waals surface area contributed by atoms with E-state index in [0.29, 0.717) is 5.39 Å². The first-order chi connectivity index (χ1) is 12.3. The van der Waals surface area contributed by atoms with Crippen molar-refractivity contribution in [2.75, 3.05) is 0 Å². The fourth-order valence-electron chi connectivity index (χ4n) is 3.90. The van der Waals surface area contributed by atoms with Crippen molar-refractivity contribution in [2.45, 2.75) is 64.2 Å². The van der Waals surface area contributed by atoms with E-state index >= 15 is 0 Å². The number of alkyl halides is 3. The number of halogens is 3. The molecule has 0 radical (unpaired) electrons. The molecule has 1 saturated heterocycles. The number of hydrogen-bond donors (Lipinski definition) is 1. The van der Waals surface area contributed by atoms with E-state index in [1.54, 1.807) is 19.9 Å². The zero-order valence-electron chi connectivity index (χ0n) is 16.2. The van der Waals surface area contributed by atoms with E-state index in [4.69, 9.17) is 0 Å². The highest BCUT2D eigenvalue weighted by Gasteiger charge is 2.53. The molecule has 146 valence electrons. The van der Waals surface area contributed by atoms with E-state index in [1.165, 1.54) is 6.07 Å². The van der Waals surface area contributed by atoms with Gasteiger partial charge in [0.05, 0.1) is 0 Å². The second-order valence-corrected chi connectivity index (χ2v) is 8.84. The van der Waals surface area contributed by atoms with E-state index < -0.39 is 23.7 Å². The number of rotatable bonds is 2. The predicted octanol–water partition coefficient (Wildman–Crippen LogP) is 5.26. The van der Waals surface area contributed by atoms with E-state index in [1.807, 2.05) is 45.0 Å². The number of carbonyl (C=O) groups is 1. The maximum absolute atomic E-state index is 14.3. The maximum Gasteiger partial charge on any atom is 0.409 e. The van der Waals surface area contributed by atoms with Gasteiger partial charge >= 0.3 is 6.18 Å². The summed E-state index contributed by atoms with van der Waals surface area (Å²) in [4.78, 5) is 11.9. The summed E-state index contributed by atoms with van der Waals surface area (Å²) in [5, 5.41) is 2.44. The monoisotopic (exact) mass is 378 g/mol. The Morgan fingerprint density at radius 1 is 1.07 bits per heavy atom. The van der Waals surface area contributed by atoms with Gasteiger partial charge in [0, 0.05) is 12.0 Å². The molecule has 1 heterocycles. The molecule has 3 rings (SSSR count). The van der Waals surface area contributed by atoms with Crippen molar-refractivity contribution in [3.63, 3.8) is 0 Å². The molecule has 0 spiro atoms. The normalized spacial score (nSPS) is 19.3. The van der Waals surface area contributed by atoms with Crippen LogP contribution in [0.4, 0.5) is 13.2 Å². The van der Waals surface area contributed by atoms with E-state index in [-0.39, 0.29) is 17.4 Å². The van der Waals surface area contributed by atoms with Crippen molar-refractivity contribution >= 4 is 16.7 Å². The molecule has 1 atom stereocenters. The standard InChI is InChI=1S/C21H25F3N2O/c1-19(2,3)15-11-7-9-13-8-6-10-14(17(13)15)18(21(22,23)24)26-20(4,5)12-16(27)25-26/h6-11,18H,12H2,1-5H3,(H,25,27). The second-order valence-electron chi connectivity index (χ2n) is 8.84. The summed E-state index contributed by atoms with van der Waals surface area (Å²) in [7, 11) is 0. The molecule has 0 bridgehead atoms. The summed E-state index contributed by atoms with van der Waals surface area (Å²) in [6, 6.07) is 8.66. The van der Waals surface area contributed by atoms with Gasteiger partial charge in [-0.1, -0.05) is 57.2 Å². The van der Waals surface area contributed by atoms with Gasteiger partial charge in [-0.3, -0.25) is 10.2 Å². The van der Waals surface area contributed by atoms with Crippen LogP contribution in [0.5, 0.6) is 0 Å². The van der Waals surface area contributed by atoms with Gasteiger partial charge in [-0.2, -0.15) is 18.2 Å². The quantitative estimate of drug-likeness (QED) is 0.773. The van der Waals surface area contributed by atoms with E-state index in [9.17, 15) is 18.0 Å². The van der Waals surface area contributed by atoms with Crippen LogP contribution in [0.1, 0.15) is 58.2 Å². The molecule has 1 aliphatic heterocycles. The average Bonchev–Trinajstić information content (AvgIpc) is 2.77. The number of amides is 1. The molecule has 1 aliphatic rings. The minimum absolute atomic E-state index is 0.0243. The van der Waals surface area contributed by atoms with Crippen LogP contribution in [-0.4, -0.2) is 22.6 Å². The van der Waals surface area contributed by atoms with Crippen LogP contribution in [-0.2, 0) is 10.2 Å². The molecule has 2 aromatic rings. The molecule has 3 nitrogen and oxygen atoms in total. The molecule has 0 saturated carbocycles. The van der Waals surface area contributed by atoms with Gasteiger partial charge in [0.1, 0.15) is 0 Å². The number of nitrogens with zero attached hydrogens (tertiary/aromatic N) is 1. The van der Waals surface area contributed by atoms with Crippen molar-refractivity contribution in [1.29, 1.82) is 0 Å².